The number of rotatable bonds is 4. The first-order chi connectivity index (χ1) is 8.34. The highest BCUT2D eigenvalue weighted by Crippen LogP contribution is 2.10. The van der Waals surface area contributed by atoms with Gasteiger partial charge >= 0.3 is 0 Å². The van der Waals surface area contributed by atoms with Crippen LogP contribution in [0.15, 0.2) is 0 Å². The maximum absolute atomic E-state index is 3.74. The van der Waals surface area contributed by atoms with Gasteiger partial charge in [0.1, 0.15) is 0 Å². The molecule has 0 aliphatic carbocycles. The van der Waals surface area contributed by atoms with Crippen molar-refractivity contribution in [3.8, 4) is 0 Å². The Labute approximate surface area is 107 Å². The average Bonchev–Trinajstić information content (AvgIpc) is 2.60. The lowest BCUT2D eigenvalue weighted by atomic mass is 10.1. The average molecular weight is 239 g/mol. The molecule has 0 radical (unpaired) electrons. The van der Waals surface area contributed by atoms with E-state index >= 15 is 0 Å². The number of piperidine rings is 1. The highest BCUT2D eigenvalue weighted by Gasteiger charge is 2.16. The summed E-state index contributed by atoms with van der Waals surface area (Å²) in [7, 11) is 2.23. The smallest absolute Gasteiger partial charge is 0.0107 e. The number of nitrogens with one attached hydrogen (secondary N) is 1. The van der Waals surface area contributed by atoms with E-state index in [0.29, 0.717) is 0 Å². The lowest BCUT2D eigenvalue weighted by Crippen LogP contribution is -2.43. The fourth-order valence-electron chi connectivity index (χ4n) is 3.00. The van der Waals surface area contributed by atoms with E-state index in [2.05, 4.69) is 22.2 Å². The maximum atomic E-state index is 3.74. The molecular weight excluding hydrogens is 210 g/mol. The normalized spacial score (nSPS) is 25.9. The third-order valence-corrected chi connectivity index (χ3v) is 4.28. The summed E-state index contributed by atoms with van der Waals surface area (Å²) >= 11 is 0. The topological polar surface area (TPSA) is 18.5 Å². The van der Waals surface area contributed by atoms with Crippen molar-refractivity contribution in [3.05, 3.63) is 0 Å². The molecule has 0 unspecified atom stereocenters. The SMILES string of the molecule is CN1CCC(NCCN2CCCCCC2)CC1. The van der Waals surface area contributed by atoms with E-state index in [-0.39, 0.29) is 0 Å². The molecule has 3 nitrogen and oxygen atoms in total. The first-order valence-electron chi connectivity index (χ1n) is 7.49. The van der Waals surface area contributed by atoms with Crippen LogP contribution in [0.25, 0.3) is 0 Å². The Bertz CT molecular complexity index is 192. The van der Waals surface area contributed by atoms with Crippen LogP contribution >= 0.6 is 0 Å². The van der Waals surface area contributed by atoms with Gasteiger partial charge in [-0.15, -0.1) is 0 Å². The van der Waals surface area contributed by atoms with Crippen LogP contribution < -0.4 is 5.32 Å². The Kier molecular flexibility index (Phi) is 5.75. The lowest BCUT2D eigenvalue weighted by Gasteiger charge is -2.30. The van der Waals surface area contributed by atoms with Gasteiger partial charge in [-0.25, -0.2) is 0 Å². The van der Waals surface area contributed by atoms with Crippen LogP contribution in [0.3, 0.4) is 0 Å². The minimum atomic E-state index is 0.776. The monoisotopic (exact) mass is 239 g/mol. The minimum Gasteiger partial charge on any atom is -0.313 e. The molecule has 2 rings (SSSR count). The van der Waals surface area contributed by atoms with Crippen LogP contribution in [0.2, 0.25) is 0 Å². The standard InChI is InChI=1S/C14H29N3/c1-16-11-6-14(7-12-16)15-8-13-17-9-4-2-3-5-10-17/h14-15H,2-13H2,1H3. The summed E-state index contributed by atoms with van der Waals surface area (Å²) in [5.74, 6) is 0. The van der Waals surface area contributed by atoms with E-state index in [1.54, 1.807) is 0 Å². The van der Waals surface area contributed by atoms with Gasteiger partial charge in [0.25, 0.3) is 0 Å². The van der Waals surface area contributed by atoms with Gasteiger partial charge in [0.15, 0.2) is 0 Å². The number of likely N-dealkylation sites (tertiary alicyclic amines) is 2. The second-order valence-corrected chi connectivity index (χ2v) is 5.79. The van der Waals surface area contributed by atoms with Crippen LogP contribution in [0.5, 0.6) is 0 Å². The molecule has 2 aliphatic rings. The Morgan fingerprint density at radius 3 is 2.24 bits per heavy atom. The molecule has 0 aromatic carbocycles. The van der Waals surface area contributed by atoms with Gasteiger partial charge in [-0.2, -0.15) is 0 Å². The summed E-state index contributed by atoms with van der Waals surface area (Å²) in [4.78, 5) is 5.09. The second kappa shape index (κ2) is 7.34. The van der Waals surface area contributed by atoms with E-state index in [1.165, 1.54) is 77.8 Å². The molecule has 0 saturated carbocycles. The highest BCUT2D eigenvalue weighted by atomic mass is 15.1. The number of hydrogen-bond acceptors (Lipinski definition) is 3. The lowest BCUT2D eigenvalue weighted by molar-refractivity contribution is 0.223. The van der Waals surface area contributed by atoms with E-state index < -0.39 is 0 Å². The fourth-order valence-corrected chi connectivity index (χ4v) is 3.00. The van der Waals surface area contributed by atoms with Crippen LogP contribution in [0.4, 0.5) is 0 Å². The molecule has 0 spiro atoms. The van der Waals surface area contributed by atoms with Crippen LogP contribution in [0.1, 0.15) is 38.5 Å². The highest BCUT2D eigenvalue weighted by molar-refractivity contribution is 4.76. The number of nitrogens with zero attached hydrogens (tertiary/aromatic N) is 2. The predicted molar refractivity (Wildman–Crippen MR) is 73.4 cm³/mol. The van der Waals surface area contributed by atoms with Crippen molar-refractivity contribution in [2.75, 3.05) is 46.3 Å². The van der Waals surface area contributed by atoms with Crippen molar-refractivity contribution in [2.24, 2.45) is 0 Å². The van der Waals surface area contributed by atoms with Gasteiger partial charge in [0.2, 0.25) is 0 Å². The van der Waals surface area contributed by atoms with Crippen molar-refractivity contribution < 1.29 is 0 Å². The van der Waals surface area contributed by atoms with Gasteiger partial charge < -0.3 is 15.1 Å². The van der Waals surface area contributed by atoms with Crippen molar-refractivity contribution in [1.29, 1.82) is 0 Å². The minimum absolute atomic E-state index is 0.776. The number of hydrogen-bond donors (Lipinski definition) is 1. The zero-order chi connectivity index (χ0) is 11.9. The molecule has 3 heteroatoms. The molecule has 100 valence electrons. The van der Waals surface area contributed by atoms with Crippen molar-refractivity contribution in [1.82, 2.24) is 15.1 Å². The second-order valence-electron chi connectivity index (χ2n) is 5.79. The van der Waals surface area contributed by atoms with E-state index in [0.717, 1.165) is 6.04 Å². The van der Waals surface area contributed by atoms with Crippen LogP contribution in [-0.4, -0.2) is 62.2 Å². The molecule has 2 aliphatic heterocycles. The first-order valence-corrected chi connectivity index (χ1v) is 7.49. The Hall–Kier alpha value is -0.120. The van der Waals surface area contributed by atoms with Crippen molar-refractivity contribution in [2.45, 2.75) is 44.6 Å². The predicted octanol–water partition coefficient (Wildman–Crippen LogP) is 1.55. The maximum Gasteiger partial charge on any atom is 0.0107 e. The summed E-state index contributed by atoms with van der Waals surface area (Å²) < 4.78 is 0. The molecule has 0 amide bonds. The molecule has 1 N–H and O–H groups in total. The third kappa shape index (κ3) is 4.94. The molecule has 2 heterocycles. The summed E-state index contributed by atoms with van der Waals surface area (Å²) in [6.45, 7) is 7.63. The van der Waals surface area contributed by atoms with Crippen LogP contribution in [-0.2, 0) is 0 Å². The van der Waals surface area contributed by atoms with E-state index in [9.17, 15) is 0 Å². The summed E-state index contributed by atoms with van der Waals surface area (Å²) in [5.41, 5.74) is 0. The van der Waals surface area contributed by atoms with Crippen LogP contribution in [0, 0.1) is 0 Å². The molecule has 0 aromatic rings. The first kappa shape index (κ1) is 13.3. The van der Waals surface area contributed by atoms with Gasteiger partial charge in [-0.05, 0) is 58.9 Å². The largest absolute Gasteiger partial charge is 0.313 e. The molecule has 2 saturated heterocycles. The zero-order valence-electron chi connectivity index (χ0n) is 11.5. The van der Waals surface area contributed by atoms with Crippen molar-refractivity contribution in [3.63, 3.8) is 0 Å². The summed E-state index contributed by atoms with van der Waals surface area (Å²) in [5, 5.41) is 3.74. The molecule has 0 aromatic heterocycles. The van der Waals surface area contributed by atoms with Gasteiger partial charge in [-0.3, -0.25) is 0 Å². The quantitative estimate of drug-likeness (QED) is 0.803. The van der Waals surface area contributed by atoms with Gasteiger partial charge in [0.05, 0.1) is 0 Å². The van der Waals surface area contributed by atoms with Crippen molar-refractivity contribution >= 4 is 0 Å². The van der Waals surface area contributed by atoms with E-state index in [1.807, 2.05) is 0 Å². The summed E-state index contributed by atoms with van der Waals surface area (Å²) in [6, 6.07) is 0.776. The fraction of sp³-hybridized carbons (Fsp3) is 1.00. The zero-order valence-corrected chi connectivity index (χ0v) is 11.5. The third-order valence-electron chi connectivity index (χ3n) is 4.28. The molecule has 2 fully saturated rings. The molecular formula is C14H29N3. The Balaban J connectivity index is 1.55. The molecule has 17 heavy (non-hydrogen) atoms. The Morgan fingerprint density at radius 1 is 0.941 bits per heavy atom. The summed E-state index contributed by atoms with van der Waals surface area (Å²) in [6.07, 6.45) is 8.37. The van der Waals surface area contributed by atoms with Gasteiger partial charge in [-0.1, -0.05) is 12.8 Å². The van der Waals surface area contributed by atoms with Gasteiger partial charge in [0, 0.05) is 19.1 Å². The van der Waals surface area contributed by atoms with E-state index in [4.69, 9.17) is 0 Å². The molecule has 0 atom stereocenters. The Morgan fingerprint density at radius 2 is 1.59 bits per heavy atom. The molecule has 0 bridgehead atoms.